The van der Waals surface area contributed by atoms with E-state index in [2.05, 4.69) is 17.0 Å². The van der Waals surface area contributed by atoms with Crippen molar-refractivity contribution in [2.75, 3.05) is 26.2 Å². The predicted octanol–water partition coefficient (Wildman–Crippen LogP) is 1.45. The van der Waals surface area contributed by atoms with Crippen molar-refractivity contribution in [2.24, 2.45) is 5.73 Å². The fourth-order valence-electron chi connectivity index (χ4n) is 3.05. The summed E-state index contributed by atoms with van der Waals surface area (Å²) < 4.78 is 5.21. The number of aromatic nitrogens is 1. The van der Waals surface area contributed by atoms with Gasteiger partial charge in [0.05, 0.1) is 11.2 Å². The molecule has 0 saturated carbocycles. The van der Waals surface area contributed by atoms with Gasteiger partial charge < -0.3 is 15.2 Å². The number of carbonyl (C=O) groups excluding carboxylic acids is 1. The van der Waals surface area contributed by atoms with E-state index in [1.54, 1.807) is 0 Å². The minimum atomic E-state index is -0.738. The molecule has 1 atom stereocenters. The van der Waals surface area contributed by atoms with Gasteiger partial charge in [-0.25, -0.2) is 0 Å². The first-order valence-electron chi connectivity index (χ1n) is 8.07. The molecule has 0 radical (unpaired) electrons. The van der Waals surface area contributed by atoms with Crippen LogP contribution in [0, 0.1) is 13.8 Å². The lowest BCUT2D eigenvalue weighted by Crippen LogP contribution is -2.58. The van der Waals surface area contributed by atoms with Gasteiger partial charge in [-0.3, -0.25) is 9.69 Å². The van der Waals surface area contributed by atoms with Crippen molar-refractivity contribution in [3.8, 4) is 0 Å². The first-order valence-corrected chi connectivity index (χ1v) is 8.07. The zero-order valence-corrected chi connectivity index (χ0v) is 14.2. The number of nitrogens with zero attached hydrogens (tertiary/aromatic N) is 3. The molecule has 6 nitrogen and oxygen atoms in total. The Kier molecular flexibility index (Phi) is 5.24. The number of nitrogens with two attached hydrogens (primary N) is 1. The Balaban J connectivity index is 1.89. The molecule has 1 aromatic rings. The largest absolute Gasteiger partial charge is 0.361 e. The summed E-state index contributed by atoms with van der Waals surface area (Å²) in [6.07, 6.45) is 1.65. The van der Waals surface area contributed by atoms with Gasteiger partial charge in [-0.2, -0.15) is 0 Å². The third kappa shape index (κ3) is 3.67. The zero-order valence-electron chi connectivity index (χ0n) is 14.2. The summed E-state index contributed by atoms with van der Waals surface area (Å²) in [5, 5.41) is 3.99. The molecule has 1 saturated heterocycles. The van der Waals surface area contributed by atoms with Crippen LogP contribution in [0.4, 0.5) is 0 Å². The molecule has 1 amide bonds. The average Bonchev–Trinajstić information content (AvgIpc) is 2.79. The molecule has 1 aromatic heterocycles. The SMILES string of the molecule is CCCC(C)(N)C(=O)N1CCN(Cc2c(C)noc2C)CC1. The van der Waals surface area contributed by atoms with Crippen molar-refractivity contribution < 1.29 is 9.32 Å². The molecular formula is C16H28N4O2. The first kappa shape index (κ1) is 17.0. The van der Waals surface area contributed by atoms with Gasteiger partial charge in [0.15, 0.2) is 0 Å². The molecular weight excluding hydrogens is 280 g/mol. The number of amides is 1. The molecule has 6 heteroatoms. The summed E-state index contributed by atoms with van der Waals surface area (Å²) in [5.74, 6) is 0.958. The number of hydrogen-bond acceptors (Lipinski definition) is 5. The Labute approximate surface area is 132 Å². The Hall–Kier alpha value is -1.40. The highest BCUT2D eigenvalue weighted by Crippen LogP contribution is 2.18. The summed E-state index contributed by atoms with van der Waals surface area (Å²) in [7, 11) is 0. The summed E-state index contributed by atoms with van der Waals surface area (Å²) in [5.41, 5.74) is 7.54. The fraction of sp³-hybridized carbons (Fsp3) is 0.750. The number of aryl methyl sites for hydroxylation is 2. The highest BCUT2D eigenvalue weighted by molar-refractivity contribution is 5.85. The molecule has 22 heavy (non-hydrogen) atoms. The first-order chi connectivity index (χ1) is 10.3. The van der Waals surface area contributed by atoms with Gasteiger partial charge in [-0.15, -0.1) is 0 Å². The lowest BCUT2D eigenvalue weighted by atomic mass is 9.95. The topological polar surface area (TPSA) is 75.6 Å². The van der Waals surface area contributed by atoms with E-state index in [1.165, 1.54) is 0 Å². The normalized spacial score (nSPS) is 19.2. The number of carbonyl (C=O) groups is 1. The predicted molar refractivity (Wildman–Crippen MR) is 85.3 cm³/mol. The zero-order chi connectivity index (χ0) is 16.3. The van der Waals surface area contributed by atoms with E-state index >= 15 is 0 Å². The van der Waals surface area contributed by atoms with Gasteiger partial charge in [-0.1, -0.05) is 18.5 Å². The van der Waals surface area contributed by atoms with E-state index in [1.807, 2.05) is 25.7 Å². The van der Waals surface area contributed by atoms with Crippen LogP contribution >= 0.6 is 0 Å². The average molecular weight is 308 g/mol. The van der Waals surface area contributed by atoms with Gasteiger partial charge in [0.2, 0.25) is 5.91 Å². The summed E-state index contributed by atoms with van der Waals surface area (Å²) in [4.78, 5) is 16.7. The van der Waals surface area contributed by atoms with Gasteiger partial charge in [-0.05, 0) is 27.2 Å². The molecule has 1 unspecified atom stereocenters. The van der Waals surface area contributed by atoms with Crippen LogP contribution in [-0.2, 0) is 11.3 Å². The molecule has 2 rings (SSSR count). The molecule has 0 aromatic carbocycles. The number of hydrogen-bond donors (Lipinski definition) is 1. The van der Waals surface area contributed by atoms with Gasteiger partial charge in [0.1, 0.15) is 5.76 Å². The minimum absolute atomic E-state index is 0.0753. The Morgan fingerprint density at radius 2 is 1.95 bits per heavy atom. The Morgan fingerprint density at radius 1 is 1.32 bits per heavy atom. The summed E-state index contributed by atoms with van der Waals surface area (Å²) >= 11 is 0. The second-order valence-electron chi connectivity index (χ2n) is 6.54. The van der Waals surface area contributed by atoms with Crippen molar-refractivity contribution >= 4 is 5.91 Å². The highest BCUT2D eigenvalue weighted by Gasteiger charge is 2.33. The van der Waals surface area contributed by atoms with E-state index in [0.29, 0.717) is 0 Å². The molecule has 0 aliphatic carbocycles. The molecule has 0 spiro atoms. The Bertz CT molecular complexity index is 497. The molecule has 1 fully saturated rings. The lowest BCUT2D eigenvalue weighted by Gasteiger charge is -2.38. The van der Waals surface area contributed by atoms with Gasteiger partial charge in [0, 0.05) is 38.3 Å². The maximum atomic E-state index is 12.5. The third-order valence-electron chi connectivity index (χ3n) is 4.48. The molecule has 2 heterocycles. The molecule has 1 aliphatic rings. The van der Waals surface area contributed by atoms with Gasteiger partial charge >= 0.3 is 0 Å². The van der Waals surface area contributed by atoms with Crippen LogP contribution in [-0.4, -0.2) is 52.6 Å². The van der Waals surface area contributed by atoms with E-state index in [4.69, 9.17) is 10.3 Å². The maximum absolute atomic E-state index is 12.5. The van der Waals surface area contributed by atoms with E-state index in [9.17, 15) is 4.79 Å². The standard InChI is InChI=1S/C16H28N4O2/c1-5-6-16(4,17)15(21)20-9-7-19(8-10-20)11-14-12(2)18-22-13(14)3/h5-11,17H2,1-4H3. The van der Waals surface area contributed by atoms with Crippen molar-refractivity contribution in [1.29, 1.82) is 0 Å². The van der Waals surface area contributed by atoms with Crippen LogP contribution in [0.1, 0.15) is 43.7 Å². The van der Waals surface area contributed by atoms with Crippen molar-refractivity contribution in [1.82, 2.24) is 15.0 Å². The molecule has 1 aliphatic heterocycles. The number of rotatable bonds is 5. The van der Waals surface area contributed by atoms with Crippen molar-refractivity contribution in [3.63, 3.8) is 0 Å². The lowest BCUT2D eigenvalue weighted by molar-refractivity contribution is -0.138. The highest BCUT2D eigenvalue weighted by atomic mass is 16.5. The number of piperazine rings is 1. The summed E-state index contributed by atoms with van der Waals surface area (Å²) in [6, 6.07) is 0. The smallest absolute Gasteiger partial charge is 0.242 e. The van der Waals surface area contributed by atoms with Crippen LogP contribution in [0.25, 0.3) is 0 Å². The van der Waals surface area contributed by atoms with E-state index in [0.717, 1.165) is 62.6 Å². The van der Waals surface area contributed by atoms with Crippen LogP contribution in [0.15, 0.2) is 4.52 Å². The van der Waals surface area contributed by atoms with Crippen molar-refractivity contribution in [3.05, 3.63) is 17.0 Å². The van der Waals surface area contributed by atoms with Crippen LogP contribution in [0.2, 0.25) is 0 Å². The van der Waals surface area contributed by atoms with Crippen LogP contribution in [0.5, 0.6) is 0 Å². The Morgan fingerprint density at radius 3 is 2.45 bits per heavy atom. The minimum Gasteiger partial charge on any atom is -0.361 e. The second-order valence-corrected chi connectivity index (χ2v) is 6.54. The quantitative estimate of drug-likeness (QED) is 0.891. The molecule has 0 bridgehead atoms. The van der Waals surface area contributed by atoms with E-state index < -0.39 is 5.54 Å². The van der Waals surface area contributed by atoms with Crippen molar-refractivity contribution in [2.45, 2.75) is 52.6 Å². The van der Waals surface area contributed by atoms with E-state index in [-0.39, 0.29) is 5.91 Å². The second kappa shape index (κ2) is 6.79. The molecule has 2 N–H and O–H groups in total. The fourth-order valence-corrected chi connectivity index (χ4v) is 3.05. The monoisotopic (exact) mass is 308 g/mol. The molecule has 124 valence electrons. The van der Waals surface area contributed by atoms with Gasteiger partial charge in [0.25, 0.3) is 0 Å². The van der Waals surface area contributed by atoms with Crippen LogP contribution in [0.3, 0.4) is 0 Å². The summed E-state index contributed by atoms with van der Waals surface area (Å²) in [6.45, 7) is 11.8. The maximum Gasteiger partial charge on any atom is 0.242 e. The van der Waals surface area contributed by atoms with Crippen LogP contribution < -0.4 is 5.73 Å². The third-order valence-corrected chi connectivity index (χ3v) is 4.48.